The number of ketones is 1. The van der Waals surface area contributed by atoms with Gasteiger partial charge in [0.2, 0.25) is 5.91 Å². The number of fused-ring (bicyclic) bond motifs is 1. The standard InChI is InChI=1S/C30H33FN4O4.CH4.2H2/c1-4-28(37)32-24-7-5-6-8-26(24)39-29-23(31)16-21-18-30(21,34-29)33-25-10-9-22(17-27(25)38-3)35-13-11-20(12-14-35)15-19(2)36;;;/h4-10,16-17,20-21,33H,1,11-15,18H2,2-3H3,(H,32,37);1H4;2*1H. The fourth-order valence-corrected chi connectivity index (χ4v) is 5.29. The molecular weight excluding hydrogens is 511 g/mol. The summed E-state index contributed by atoms with van der Waals surface area (Å²) in [6.45, 7) is 6.90. The molecule has 1 saturated heterocycles. The number of methoxy groups -OCH3 is 1. The molecule has 1 amide bonds. The lowest BCUT2D eigenvalue weighted by Gasteiger charge is -2.33. The predicted octanol–water partition coefficient (Wildman–Crippen LogP) is 6.62. The first-order valence-electron chi connectivity index (χ1n) is 13.2. The Bertz CT molecular complexity index is 1360. The van der Waals surface area contributed by atoms with Gasteiger partial charge in [-0.3, -0.25) is 4.79 Å². The largest absolute Gasteiger partial charge is 0.495 e. The molecular formula is C31H41FN4O4. The molecule has 5 rings (SSSR count). The second-order valence-electron chi connectivity index (χ2n) is 10.3. The number of dihydropyridines is 1. The monoisotopic (exact) mass is 552 g/mol. The van der Waals surface area contributed by atoms with Crippen molar-refractivity contribution in [2.75, 3.05) is 35.7 Å². The third-order valence-corrected chi connectivity index (χ3v) is 7.47. The smallest absolute Gasteiger partial charge is 0.253 e. The number of halogens is 1. The third-order valence-electron chi connectivity index (χ3n) is 7.47. The van der Waals surface area contributed by atoms with Crippen molar-refractivity contribution in [1.29, 1.82) is 0 Å². The summed E-state index contributed by atoms with van der Waals surface area (Å²) in [4.78, 5) is 30.2. The van der Waals surface area contributed by atoms with Crippen LogP contribution in [0.25, 0.3) is 0 Å². The summed E-state index contributed by atoms with van der Waals surface area (Å²) in [5.41, 5.74) is 1.46. The molecule has 0 aromatic heterocycles. The summed E-state index contributed by atoms with van der Waals surface area (Å²) in [5.74, 6) is 0.430. The van der Waals surface area contributed by atoms with Crippen LogP contribution in [0.5, 0.6) is 11.5 Å². The number of nitrogens with zero attached hydrogens (tertiary/aromatic N) is 2. The second-order valence-corrected chi connectivity index (χ2v) is 10.3. The van der Waals surface area contributed by atoms with E-state index in [1.165, 1.54) is 6.08 Å². The number of piperidine rings is 1. The molecule has 216 valence electrons. The first kappa shape index (κ1) is 28.9. The molecule has 2 atom stereocenters. The maximum absolute atomic E-state index is 14.9. The highest BCUT2D eigenvalue weighted by atomic mass is 19.1. The van der Waals surface area contributed by atoms with Gasteiger partial charge in [0.15, 0.2) is 11.6 Å². The van der Waals surface area contributed by atoms with Gasteiger partial charge in [-0.2, -0.15) is 0 Å². The lowest BCUT2D eigenvalue weighted by atomic mass is 9.92. The molecule has 2 heterocycles. The summed E-state index contributed by atoms with van der Waals surface area (Å²) in [6, 6.07) is 12.8. The maximum Gasteiger partial charge on any atom is 0.253 e. The van der Waals surface area contributed by atoms with Crippen molar-refractivity contribution in [2.45, 2.75) is 45.7 Å². The van der Waals surface area contributed by atoms with Gasteiger partial charge >= 0.3 is 0 Å². The van der Waals surface area contributed by atoms with Crippen LogP contribution in [0, 0.1) is 11.8 Å². The SMILES string of the molecule is C.C=CC(=O)Nc1ccccc1OC1=NC2(Nc3ccc(N4CCC(CC(C)=O)CC4)cc3OC)CC2C=C1F.[HH].[HH]. The first-order chi connectivity index (χ1) is 18.8. The van der Waals surface area contributed by atoms with Gasteiger partial charge in [0.25, 0.3) is 5.90 Å². The van der Waals surface area contributed by atoms with Gasteiger partial charge in [-0.25, -0.2) is 9.38 Å². The fraction of sp³-hybridized carbons (Fsp3) is 0.387. The molecule has 0 spiro atoms. The summed E-state index contributed by atoms with van der Waals surface area (Å²) >= 11 is 0. The number of amides is 1. The molecule has 2 aromatic carbocycles. The van der Waals surface area contributed by atoms with Crippen molar-refractivity contribution in [3.05, 3.63) is 67.0 Å². The summed E-state index contributed by atoms with van der Waals surface area (Å²) < 4.78 is 26.5. The Morgan fingerprint density at radius 1 is 1.20 bits per heavy atom. The van der Waals surface area contributed by atoms with Gasteiger partial charge in [-0.05, 0) is 62.1 Å². The van der Waals surface area contributed by atoms with Crippen LogP contribution in [0.2, 0.25) is 0 Å². The number of carbonyl (C=O) groups excluding carboxylic acids is 2. The number of benzene rings is 2. The minimum Gasteiger partial charge on any atom is -0.495 e. The molecule has 2 fully saturated rings. The van der Waals surface area contributed by atoms with Crippen LogP contribution in [-0.4, -0.2) is 43.5 Å². The van der Waals surface area contributed by atoms with Crippen molar-refractivity contribution in [3.63, 3.8) is 0 Å². The van der Waals surface area contributed by atoms with Crippen LogP contribution in [0.15, 0.2) is 72.0 Å². The Hall–Kier alpha value is -4.14. The predicted molar refractivity (Wildman–Crippen MR) is 161 cm³/mol. The van der Waals surface area contributed by atoms with E-state index in [-0.39, 0.29) is 33.6 Å². The van der Waals surface area contributed by atoms with E-state index in [1.54, 1.807) is 38.3 Å². The number of hydrogen-bond acceptors (Lipinski definition) is 7. The third kappa shape index (κ3) is 6.19. The molecule has 2 N–H and O–H groups in total. The number of para-hydroxylation sites is 2. The van der Waals surface area contributed by atoms with E-state index >= 15 is 0 Å². The van der Waals surface area contributed by atoms with Gasteiger partial charge in [0.05, 0.1) is 18.5 Å². The zero-order valence-electron chi connectivity index (χ0n) is 22.2. The van der Waals surface area contributed by atoms with Gasteiger partial charge in [-0.15, -0.1) is 0 Å². The molecule has 1 saturated carbocycles. The molecule has 2 aliphatic heterocycles. The minimum atomic E-state index is -0.746. The molecule has 8 nitrogen and oxygen atoms in total. The number of ether oxygens (including phenoxy) is 2. The number of hydrogen-bond donors (Lipinski definition) is 2. The van der Waals surface area contributed by atoms with Gasteiger partial charge < -0.3 is 29.8 Å². The highest BCUT2D eigenvalue weighted by molar-refractivity contribution is 6.01. The normalized spacial score (nSPS) is 21.6. The summed E-state index contributed by atoms with van der Waals surface area (Å²) in [5, 5.41) is 6.12. The van der Waals surface area contributed by atoms with Crippen LogP contribution < -0.4 is 25.0 Å². The van der Waals surface area contributed by atoms with E-state index in [2.05, 4.69) is 27.1 Å². The molecule has 0 bridgehead atoms. The molecule has 1 aliphatic carbocycles. The Morgan fingerprint density at radius 3 is 2.65 bits per heavy atom. The van der Waals surface area contributed by atoms with Crippen molar-refractivity contribution < 1.29 is 26.3 Å². The molecule has 2 unspecified atom stereocenters. The molecule has 9 heteroatoms. The summed E-state index contributed by atoms with van der Waals surface area (Å²) in [7, 11) is 1.62. The van der Waals surface area contributed by atoms with Crippen molar-refractivity contribution >= 4 is 34.7 Å². The van der Waals surface area contributed by atoms with E-state index < -0.39 is 17.4 Å². The molecule has 2 aromatic rings. The fourth-order valence-electron chi connectivity index (χ4n) is 5.29. The van der Waals surface area contributed by atoms with Crippen LogP contribution in [-0.2, 0) is 9.59 Å². The summed E-state index contributed by atoms with van der Waals surface area (Å²) in [6.07, 6.45) is 5.91. The van der Waals surface area contributed by atoms with Gasteiger partial charge in [0.1, 0.15) is 17.2 Å². The van der Waals surface area contributed by atoms with E-state index in [1.807, 2.05) is 18.2 Å². The molecule has 0 radical (unpaired) electrons. The zero-order valence-corrected chi connectivity index (χ0v) is 22.2. The van der Waals surface area contributed by atoms with E-state index in [4.69, 9.17) is 9.47 Å². The van der Waals surface area contributed by atoms with Gasteiger partial charge in [0, 0.05) is 46.5 Å². The number of aliphatic imine (C=N–C) groups is 1. The first-order valence-corrected chi connectivity index (χ1v) is 13.2. The highest BCUT2D eigenvalue weighted by Crippen LogP contribution is 2.52. The van der Waals surface area contributed by atoms with Crippen molar-refractivity contribution in [1.82, 2.24) is 0 Å². The number of nitrogens with one attached hydrogen (secondary N) is 2. The average Bonchev–Trinajstić information content (AvgIpc) is 3.61. The van der Waals surface area contributed by atoms with E-state index in [0.29, 0.717) is 30.2 Å². The Balaban J connectivity index is 0.00000205. The molecule has 40 heavy (non-hydrogen) atoms. The van der Waals surface area contributed by atoms with Gasteiger partial charge in [-0.1, -0.05) is 26.1 Å². The number of carbonyl (C=O) groups is 2. The average molecular weight is 553 g/mol. The van der Waals surface area contributed by atoms with E-state index in [9.17, 15) is 14.0 Å². The highest BCUT2D eigenvalue weighted by Gasteiger charge is 2.57. The second kappa shape index (κ2) is 11.9. The van der Waals surface area contributed by atoms with Crippen LogP contribution in [0.4, 0.5) is 21.5 Å². The molecule has 3 aliphatic rings. The lowest BCUT2D eigenvalue weighted by Crippen LogP contribution is -2.34. The quantitative estimate of drug-likeness (QED) is 0.340. The minimum absolute atomic E-state index is 0. The zero-order chi connectivity index (χ0) is 27.6. The van der Waals surface area contributed by atoms with Crippen molar-refractivity contribution in [2.24, 2.45) is 16.8 Å². The van der Waals surface area contributed by atoms with Crippen LogP contribution in [0.3, 0.4) is 0 Å². The number of Topliss-reactive ketones (excluding diaryl/α,β-unsaturated/α-hetero) is 1. The van der Waals surface area contributed by atoms with E-state index in [0.717, 1.165) is 43.4 Å². The maximum atomic E-state index is 14.9. The topological polar surface area (TPSA) is 92.3 Å². The Labute approximate surface area is 237 Å². The van der Waals surface area contributed by atoms with Crippen molar-refractivity contribution in [3.8, 4) is 11.5 Å². The number of anilines is 3. The van der Waals surface area contributed by atoms with Crippen LogP contribution >= 0.6 is 0 Å². The Kier molecular flexibility index (Phi) is 8.61. The number of rotatable bonds is 9. The Morgan fingerprint density at radius 2 is 1.95 bits per heavy atom. The lowest BCUT2D eigenvalue weighted by molar-refractivity contribution is -0.118. The van der Waals surface area contributed by atoms with Crippen LogP contribution in [0.1, 0.15) is 42.9 Å².